The summed E-state index contributed by atoms with van der Waals surface area (Å²) in [6.45, 7) is 1.50. The van der Waals surface area contributed by atoms with Crippen molar-refractivity contribution in [2.45, 2.75) is 23.8 Å². The average Bonchev–Trinajstić information content (AvgIpc) is 3.74. The maximum absolute atomic E-state index is 13.2. The van der Waals surface area contributed by atoms with Crippen molar-refractivity contribution in [3.05, 3.63) is 132 Å². The number of hydrogen-bond acceptors (Lipinski definition) is 8. The summed E-state index contributed by atoms with van der Waals surface area (Å²) in [5.74, 6) is 1.20. The highest BCUT2D eigenvalue weighted by molar-refractivity contribution is 7.92. The van der Waals surface area contributed by atoms with E-state index in [9.17, 15) is 13.2 Å². The van der Waals surface area contributed by atoms with Crippen molar-refractivity contribution in [3.8, 4) is 5.75 Å². The molecule has 12 heteroatoms. The van der Waals surface area contributed by atoms with E-state index in [0.29, 0.717) is 43.2 Å². The Labute approximate surface area is 271 Å². The molecule has 0 saturated heterocycles. The number of amides is 1. The van der Waals surface area contributed by atoms with Crippen molar-refractivity contribution in [3.63, 3.8) is 0 Å². The van der Waals surface area contributed by atoms with Gasteiger partial charge in [-0.2, -0.15) is 5.10 Å². The van der Waals surface area contributed by atoms with E-state index in [0.717, 1.165) is 22.5 Å². The van der Waals surface area contributed by atoms with Crippen molar-refractivity contribution in [1.82, 2.24) is 25.5 Å². The van der Waals surface area contributed by atoms with E-state index in [-0.39, 0.29) is 22.3 Å². The number of aromatic nitrogens is 4. The maximum Gasteiger partial charge on any atom is 0.261 e. The van der Waals surface area contributed by atoms with Gasteiger partial charge in [0, 0.05) is 35.9 Å². The summed E-state index contributed by atoms with van der Waals surface area (Å²) >= 11 is 0. The van der Waals surface area contributed by atoms with Crippen molar-refractivity contribution >= 4 is 44.2 Å². The molecule has 47 heavy (non-hydrogen) atoms. The Hall–Kier alpha value is -5.75. The molecule has 0 fully saturated rings. The van der Waals surface area contributed by atoms with Crippen LogP contribution in [0.3, 0.4) is 0 Å². The summed E-state index contributed by atoms with van der Waals surface area (Å²) in [7, 11) is -3.94. The van der Waals surface area contributed by atoms with Gasteiger partial charge in [0.25, 0.3) is 15.9 Å². The van der Waals surface area contributed by atoms with Gasteiger partial charge >= 0.3 is 0 Å². The number of benzene rings is 4. The molecule has 1 unspecified atom stereocenters. The lowest BCUT2D eigenvalue weighted by Crippen LogP contribution is -2.27. The normalized spacial score (nSPS) is 14.1. The molecule has 1 atom stereocenters. The molecular weight excluding hydrogens is 614 g/mol. The molecule has 4 aromatic carbocycles. The zero-order chi connectivity index (χ0) is 32.2. The van der Waals surface area contributed by atoms with Gasteiger partial charge in [0.1, 0.15) is 24.5 Å². The first-order chi connectivity index (χ1) is 22.9. The van der Waals surface area contributed by atoms with Crippen molar-refractivity contribution in [1.29, 1.82) is 0 Å². The smallest absolute Gasteiger partial charge is 0.261 e. The van der Waals surface area contributed by atoms with Gasteiger partial charge in [0.05, 0.1) is 16.5 Å². The predicted octanol–water partition coefficient (Wildman–Crippen LogP) is 5.79. The number of fused-ring (bicyclic) bond motifs is 2. The van der Waals surface area contributed by atoms with E-state index >= 15 is 0 Å². The summed E-state index contributed by atoms with van der Waals surface area (Å²) in [6.07, 6.45) is 3.93. The van der Waals surface area contributed by atoms with Gasteiger partial charge in [-0.05, 0) is 66.1 Å². The standard InChI is InChI=1S/C35H31N7O4S/c43-35(36-18-17-26-21-42(32-12-5-4-11-30(26)32)34-31-20-39-40-33(31)37-23-38-34)25-9-6-10-29(19-25)47(44,45)41-27-13-15-28(16-14-27)46-22-24-7-2-1-3-8-24/h1-16,19-20,23,26,41H,17-18,21-22H2,(H,36,43)(H,37,38,39,40). The monoisotopic (exact) mass is 645 g/mol. The molecule has 7 rings (SSSR count). The number of sulfonamides is 1. The third kappa shape index (κ3) is 6.49. The second kappa shape index (κ2) is 12.9. The molecule has 0 spiro atoms. The van der Waals surface area contributed by atoms with E-state index in [4.69, 9.17) is 4.74 Å². The molecule has 3 N–H and O–H groups in total. The zero-order valence-corrected chi connectivity index (χ0v) is 26.0. The van der Waals surface area contributed by atoms with Crippen LogP contribution in [-0.4, -0.2) is 47.6 Å². The first-order valence-electron chi connectivity index (χ1n) is 15.1. The van der Waals surface area contributed by atoms with Crippen LogP contribution in [0.25, 0.3) is 11.0 Å². The molecule has 1 aliphatic heterocycles. The Kier molecular flexibility index (Phi) is 8.23. The average molecular weight is 646 g/mol. The second-order valence-corrected chi connectivity index (χ2v) is 12.9. The lowest BCUT2D eigenvalue weighted by atomic mass is 9.98. The molecular formula is C35H31N7O4S. The number of rotatable bonds is 11. The SMILES string of the molecule is O=C(NCCC1CN(c2ncnc3[nH]ncc23)c2ccccc21)c1cccc(S(=O)(=O)Nc2ccc(OCc3ccccc3)cc2)c1. The molecule has 2 aromatic heterocycles. The first-order valence-corrected chi connectivity index (χ1v) is 16.6. The fourth-order valence-electron chi connectivity index (χ4n) is 5.75. The Bertz CT molecular complexity index is 2140. The molecule has 0 bridgehead atoms. The topological polar surface area (TPSA) is 142 Å². The number of aromatic amines is 1. The minimum absolute atomic E-state index is 0.00896. The van der Waals surface area contributed by atoms with Gasteiger partial charge in [-0.25, -0.2) is 18.4 Å². The van der Waals surface area contributed by atoms with E-state index in [1.165, 1.54) is 24.0 Å². The van der Waals surface area contributed by atoms with Crippen LogP contribution in [0.2, 0.25) is 0 Å². The summed E-state index contributed by atoms with van der Waals surface area (Å²) < 4.78 is 34.8. The maximum atomic E-state index is 13.2. The third-order valence-corrected chi connectivity index (χ3v) is 9.47. The van der Waals surface area contributed by atoms with Crippen LogP contribution < -0.4 is 19.7 Å². The van der Waals surface area contributed by atoms with Crippen LogP contribution in [0.15, 0.2) is 121 Å². The van der Waals surface area contributed by atoms with Crippen LogP contribution in [0.4, 0.5) is 17.2 Å². The van der Waals surface area contributed by atoms with Gasteiger partial charge in [0.2, 0.25) is 0 Å². The number of anilines is 3. The van der Waals surface area contributed by atoms with E-state index in [1.807, 2.05) is 42.5 Å². The van der Waals surface area contributed by atoms with Crippen molar-refractivity contribution in [2.24, 2.45) is 0 Å². The molecule has 0 saturated carbocycles. The molecule has 236 valence electrons. The van der Waals surface area contributed by atoms with Crippen molar-refractivity contribution in [2.75, 3.05) is 22.7 Å². The van der Waals surface area contributed by atoms with Crippen LogP contribution in [0.5, 0.6) is 5.75 Å². The Morgan fingerprint density at radius 1 is 0.936 bits per heavy atom. The highest BCUT2D eigenvalue weighted by Gasteiger charge is 2.31. The minimum atomic E-state index is -3.94. The fourth-order valence-corrected chi connectivity index (χ4v) is 6.86. The number of hydrogen-bond donors (Lipinski definition) is 3. The number of H-pyrrole nitrogens is 1. The van der Waals surface area contributed by atoms with Gasteiger partial charge in [0.15, 0.2) is 5.65 Å². The van der Waals surface area contributed by atoms with Gasteiger partial charge in [-0.3, -0.25) is 14.6 Å². The molecule has 3 heterocycles. The Balaban J connectivity index is 0.967. The largest absolute Gasteiger partial charge is 0.489 e. The van der Waals surface area contributed by atoms with Crippen LogP contribution in [-0.2, 0) is 16.6 Å². The predicted molar refractivity (Wildman–Crippen MR) is 179 cm³/mol. The molecule has 1 amide bonds. The number of carbonyl (C=O) groups is 1. The van der Waals surface area contributed by atoms with E-state index in [2.05, 4.69) is 47.2 Å². The fraction of sp³-hybridized carbons (Fsp3) is 0.143. The second-order valence-electron chi connectivity index (χ2n) is 11.2. The first kappa shape index (κ1) is 29.9. The zero-order valence-electron chi connectivity index (χ0n) is 25.2. The number of ether oxygens (including phenoxy) is 1. The summed E-state index contributed by atoms with van der Waals surface area (Å²) in [4.78, 5) is 24.1. The Morgan fingerprint density at radius 2 is 1.74 bits per heavy atom. The lowest BCUT2D eigenvalue weighted by Gasteiger charge is -2.19. The van der Waals surface area contributed by atoms with Crippen LogP contribution >= 0.6 is 0 Å². The van der Waals surface area contributed by atoms with E-state index in [1.54, 1.807) is 42.6 Å². The quantitative estimate of drug-likeness (QED) is 0.161. The summed E-state index contributed by atoms with van der Waals surface area (Å²) in [5.41, 5.74) is 4.58. The molecule has 11 nitrogen and oxygen atoms in total. The van der Waals surface area contributed by atoms with Gasteiger partial charge < -0.3 is 15.0 Å². The lowest BCUT2D eigenvalue weighted by molar-refractivity contribution is 0.0952. The molecule has 1 aliphatic rings. The third-order valence-electron chi connectivity index (χ3n) is 8.09. The molecule has 0 aliphatic carbocycles. The minimum Gasteiger partial charge on any atom is -0.489 e. The Morgan fingerprint density at radius 3 is 2.60 bits per heavy atom. The van der Waals surface area contributed by atoms with E-state index < -0.39 is 10.0 Å². The van der Waals surface area contributed by atoms with Crippen LogP contribution in [0, 0.1) is 0 Å². The molecule has 6 aromatic rings. The van der Waals surface area contributed by atoms with Crippen molar-refractivity contribution < 1.29 is 17.9 Å². The van der Waals surface area contributed by atoms with Gasteiger partial charge in [-0.15, -0.1) is 0 Å². The number of carbonyl (C=O) groups excluding carboxylic acids is 1. The number of nitrogens with zero attached hydrogens (tertiary/aromatic N) is 4. The number of nitrogens with one attached hydrogen (secondary N) is 3. The summed E-state index contributed by atoms with van der Waals surface area (Å²) in [6, 6.07) is 30.6. The molecule has 0 radical (unpaired) electrons. The highest BCUT2D eigenvalue weighted by Crippen LogP contribution is 2.42. The van der Waals surface area contributed by atoms with Crippen LogP contribution in [0.1, 0.15) is 33.8 Å². The van der Waals surface area contributed by atoms with Gasteiger partial charge in [-0.1, -0.05) is 54.6 Å². The summed E-state index contributed by atoms with van der Waals surface area (Å²) in [5, 5.41) is 10.8. The highest BCUT2D eigenvalue weighted by atomic mass is 32.2. The number of para-hydroxylation sites is 1.